The standard InChI is InChI=1S/C24H22O14/c1-8-21(37-16(31)7-15(29)30)19(33)20(34)24(35-8)38-23-18(32)17-13(28)5-10(25)6-14(17)36-22(23)9-2-3-11(26)12(27)4-9/h2-6,8,19-21,24-28,33-34H,7H2,1H3,(H,29,30)/t8-,19-,20+,21-,24-/m1/s1. The molecule has 2 aromatic carbocycles. The van der Waals surface area contributed by atoms with E-state index < -0.39 is 88.6 Å². The zero-order chi connectivity index (χ0) is 27.9. The number of carboxylic acids is 1. The Balaban J connectivity index is 1.76. The predicted molar refractivity (Wildman–Crippen MR) is 124 cm³/mol. The first kappa shape index (κ1) is 26.5. The van der Waals surface area contributed by atoms with Crippen molar-refractivity contribution in [2.24, 2.45) is 0 Å². The van der Waals surface area contributed by atoms with Gasteiger partial charge in [-0.15, -0.1) is 0 Å². The molecule has 1 aromatic heterocycles. The second kappa shape index (κ2) is 10.1. The molecule has 7 N–H and O–H groups in total. The quantitative estimate of drug-likeness (QED) is 0.130. The third-order valence-corrected chi connectivity index (χ3v) is 5.73. The molecule has 14 nitrogen and oxygen atoms in total. The van der Waals surface area contributed by atoms with Gasteiger partial charge in [-0.1, -0.05) is 0 Å². The van der Waals surface area contributed by atoms with Gasteiger partial charge in [-0.2, -0.15) is 0 Å². The van der Waals surface area contributed by atoms with Crippen LogP contribution in [0.15, 0.2) is 39.5 Å². The van der Waals surface area contributed by atoms with Gasteiger partial charge in [0.25, 0.3) is 0 Å². The lowest BCUT2D eigenvalue weighted by molar-refractivity contribution is -0.272. The Labute approximate surface area is 212 Å². The van der Waals surface area contributed by atoms with Crippen LogP contribution in [0.1, 0.15) is 13.3 Å². The number of rotatable bonds is 6. The molecule has 1 saturated heterocycles. The maximum Gasteiger partial charge on any atom is 0.317 e. The van der Waals surface area contributed by atoms with E-state index in [0.29, 0.717) is 0 Å². The molecule has 3 aromatic rings. The zero-order valence-corrected chi connectivity index (χ0v) is 19.5. The summed E-state index contributed by atoms with van der Waals surface area (Å²) < 4.78 is 21.7. The number of ether oxygens (including phenoxy) is 3. The van der Waals surface area contributed by atoms with Crippen molar-refractivity contribution >= 4 is 22.9 Å². The highest BCUT2D eigenvalue weighted by Gasteiger charge is 2.47. The number of benzene rings is 2. The largest absolute Gasteiger partial charge is 0.508 e. The number of aromatic hydroxyl groups is 4. The number of aliphatic hydroxyl groups excluding tert-OH is 2. The van der Waals surface area contributed by atoms with Crippen molar-refractivity contribution in [3.05, 3.63) is 40.6 Å². The number of hydrogen-bond donors (Lipinski definition) is 7. The Kier molecular flexibility index (Phi) is 7.04. The van der Waals surface area contributed by atoms with E-state index in [1.165, 1.54) is 13.0 Å². The molecule has 1 aliphatic rings. The van der Waals surface area contributed by atoms with Crippen LogP contribution in [0, 0.1) is 0 Å². The highest BCUT2D eigenvalue weighted by Crippen LogP contribution is 2.39. The van der Waals surface area contributed by atoms with E-state index in [9.17, 15) is 45.0 Å². The molecular weight excluding hydrogens is 512 g/mol. The van der Waals surface area contributed by atoms with E-state index in [-0.39, 0.29) is 16.9 Å². The summed E-state index contributed by atoms with van der Waals surface area (Å²) in [6, 6.07) is 5.29. The highest BCUT2D eigenvalue weighted by molar-refractivity contribution is 5.90. The van der Waals surface area contributed by atoms with Crippen LogP contribution in [0.4, 0.5) is 0 Å². The van der Waals surface area contributed by atoms with Gasteiger partial charge in [0.1, 0.15) is 41.1 Å². The normalized spacial score (nSPS) is 23.2. The van der Waals surface area contributed by atoms with Crippen molar-refractivity contribution in [2.45, 2.75) is 44.1 Å². The lowest BCUT2D eigenvalue weighted by Crippen LogP contribution is -2.59. The lowest BCUT2D eigenvalue weighted by atomic mass is 9.99. The van der Waals surface area contributed by atoms with Gasteiger partial charge in [0, 0.05) is 17.7 Å². The molecule has 1 fully saturated rings. The number of esters is 1. The van der Waals surface area contributed by atoms with E-state index in [1.807, 2.05) is 0 Å². The second-order valence-electron chi connectivity index (χ2n) is 8.46. The third kappa shape index (κ3) is 5.00. The first-order valence-corrected chi connectivity index (χ1v) is 11.0. The minimum absolute atomic E-state index is 0.00324. The summed E-state index contributed by atoms with van der Waals surface area (Å²) in [5.74, 6) is -5.83. The second-order valence-corrected chi connectivity index (χ2v) is 8.46. The maximum atomic E-state index is 13.4. The number of aliphatic carboxylic acids is 1. The summed E-state index contributed by atoms with van der Waals surface area (Å²) in [5, 5.41) is 69.2. The number of fused-ring (bicyclic) bond motifs is 1. The SMILES string of the molecule is C[C@H]1O[C@H](Oc2c(-c3ccc(O)c(O)c3)oc3cc(O)cc(O)c3c2=O)[C@@H](O)[C@@H](O)[C@@H]1OC(=O)CC(=O)O. The van der Waals surface area contributed by atoms with Crippen LogP contribution in [-0.2, 0) is 19.1 Å². The Morgan fingerprint density at radius 1 is 0.974 bits per heavy atom. The molecule has 202 valence electrons. The summed E-state index contributed by atoms with van der Waals surface area (Å²) >= 11 is 0. The number of aliphatic hydroxyl groups is 2. The Hall–Kier alpha value is -4.53. The van der Waals surface area contributed by atoms with Gasteiger partial charge in [0.05, 0.1) is 6.10 Å². The fourth-order valence-corrected chi connectivity index (χ4v) is 3.93. The molecule has 0 bridgehead atoms. The molecule has 0 spiro atoms. The third-order valence-electron chi connectivity index (χ3n) is 5.73. The maximum absolute atomic E-state index is 13.4. The van der Waals surface area contributed by atoms with Gasteiger partial charge in [-0.05, 0) is 25.1 Å². The number of carbonyl (C=O) groups excluding carboxylic acids is 1. The average Bonchev–Trinajstić information content (AvgIpc) is 2.82. The highest BCUT2D eigenvalue weighted by atomic mass is 16.7. The first-order chi connectivity index (χ1) is 17.9. The number of phenolic OH excluding ortho intramolecular Hbond substituents is 4. The minimum Gasteiger partial charge on any atom is -0.508 e. The molecule has 4 rings (SSSR count). The Morgan fingerprint density at radius 2 is 1.68 bits per heavy atom. The smallest absolute Gasteiger partial charge is 0.317 e. The van der Waals surface area contributed by atoms with Gasteiger partial charge in [-0.3, -0.25) is 14.4 Å². The Bertz CT molecular complexity index is 1460. The molecule has 0 aliphatic carbocycles. The van der Waals surface area contributed by atoms with Gasteiger partial charge in [0.2, 0.25) is 17.5 Å². The van der Waals surface area contributed by atoms with E-state index in [4.69, 9.17) is 23.7 Å². The van der Waals surface area contributed by atoms with Gasteiger partial charge in [0.15, 0.2) is 23.4 Å². The van der Waals surface area contributed by atoms with Crippen LogP contribution in [0.5, 0.6) is 28.7 Å². The van der Waals surface area contributed by atoms with Crippen LogP contribution in [0.3, 0.4) is 0 Å². The molecule has 0 radical (unpaired) electrons. The lowest BCUT2D eigenvalue weighted by Gasteiger charge is -2.40. The van der Waals surface area contributed by atoms with Crippen molar-refractivity contribution in [1.82, 2.24) is 0 Å². The molecule has 0 saturated carbocycles. The predicted octanol–water partition coefficient (Wildman–Crippen LogP) is 0.514. The fourth-order valence-electron chi connectivity index (χ4n) is 3.93. The van der Waals surface area contributed by atoms with Gasteiger partial charge < -0.3 is 54.4 Å². The molecule has 38 heavy (non-hydrogen) atoms. The molecule has 5 atom stereocenters. The molecular formula is C24H22O14. The van der Waals surface area contributed by atoms with Gasteiger partial charge in [-0.25, -0.2) is 0 Å². The van der Waals surface area contributed by atoms with Crippen molar-refractivity contribution in [3.8, 4) is 40.1 Å². The summed E-state index contributed by atoms with van der Waals surface area (Å²) in [4.78, 5) is 35.9. The van der Waals surface area contributed by atoms with Crippen LogP contribution in [-0.4, -0.2) is 78.4 Å². The monoisotopic (exact) mass is 534 g/mol. The Morgan fingerprint density at radius 3 is 2.34 bits per heavy atom. The van der Waals surface area contributed by atoms with Crippen molar-refractivity contribution in [3.63, 3.8) is 0 Å². The van der Waals surface area contributed by atoms with Crippen molar-refractivity contribution < 1.29 is 64.0 Å². The summed E-state index contributed by atoms with van der Waals surface area (Å²) in [7, 11) is 0. The zero-order valence-electron chi connectivity index (χ0n) is 19.5. The molecule has 14 heteroatoms. The summed E-state index contributed by atoms with van der Waals surface area (Å²) in [5.41, 5.74) is -1.26. The van der Waals surface area contributed by atoms with Crippen molar-refractivity contribution in [2.75, 3.05) is 0 Å². The van der Waals surface area contributed by atoms with Crippen molar-refractivity contribution in [1.29, 1.82) is 0 Å². The number of carbonyl (C=O) groups is 2. The van der Waals surface area contributed by atoms with Crippen LogP contribution in [0.2, 0.25) is 0 Å². The minimum atomic E-state index is -1.93. The molecule has 2 heterocycles. The topological polar surface area (TPSA) is 234 Å². The fraction of sp³-hybridized carbons (Fsp3) is 0.292. The van der Waals surface area contributed by atoms with Crippen LogP contribution >= 0.6 is 0 Å². The summed E-state index contributed by atoms with van der Waals surface area (Å²) in [6.45, 7) is 1.33. The average molecular weight is 534 g/mol. The number of phenols is 4. The molecule has 0 unspecified atom stereocenters. The van der Waals surface area contributed by atoms with E-state index >= 15 is 0 Å². The molecule has 1 aliphatic heterocycles. The first-order valence-electron chi connectivity index (χ1n) is 11.0. The molecule has 0 amide bonds. The van der Waals surface area contributed by atoms with E-state index in [0.717, 1.165) is 24.3 Å². The van der Waals surface area contributed by atoms with E-state index in [1.54, 1.807) is 0 Å². The van der Waals surface area contributed by atoms with Crippen LogP contribution < -0.4 is 10.2 Å². The number of hydrogen-bond acceptors (Lipinski definition) is 13. The number of carboxylic acid groups (broad SMARTS) is 1. The van der Waals surface area contributed by atoms with Gasteiger partial charge >= 0.3 is 11.9 Å². The van der Waals surface area contributed by atoms with Crippen LogP contribution in [0.25, 0.3) is 22.3 Å². The summed E-state index contributed by atoms with van der Waals surface area (Å²) in [6.07, 6.45) is -9.16. The van der Waals surface area contributed by atoms with E-state index in [2.05, 4.69) is 0 Å².